The summed E-state index contributed by atoms with van der Waals surface area (Å²) in [6.07, 6.45) is 4.93. The number of ether oxygens (including phenoxy) is 1. The SMILES string of the molecule is CCOCCCn1c(NC(=O)c2ccn(C3CCCNC3)n2)nc2ccccc21.Cl. The normalized spacial score (nSPS) is 16.4. The number of amides is 1. The molecule has 4 rings (SSSR count). The molecule has 0 spiro atoms. The molecule has 3 aromatic rings. The van der Waals surface area contributed by atoms with Crippen molar-refractivity contribution in [2.24, 2.45) is 0 Å². The number of hydrogen-bond donors (Lipinski definition) is 2. The van der Waals surface area contributed by atoms with Crippen molar-refractivity contribution in [3.8, 4) is 0 Å². The van der Waals surface area contributed by atoms with Crippen molar-refractivity contribution < 1.29 is 9.53 Å². The average molecular weight is 433 g/mol. The van der Waals surface area contributed by atoms with E-state index in [1.165, 1.54) is 0 Å². The lowest BCUT2D eigenvalue weighted by atomic mass is 10.1. The molecule has 162 valence electrons. The van der Waals surface area contributed by atoms with Gasteiger partial charge in [0.1, 0.15) is 0 Å². The van der Waals surface area contributed by atoms with Gasteiger partial charge in [0, 0.05) is 32.5 Å². The zero-order chi connectivity index (χ0) is 20.1. The predicted octanol–water partition coefficient (Wildman–Crippen LogP) is 3.26. The van der Waals surface area contributed by atoms with Crippen LogP contribution in [0.25, 0.3) is 11.0 Å². The predicted molar refractivity (Wildman–Crippen MR) is 119 cm³/mol. The van der Waals surface area contributed by atoms with Crippen LogP contribution < -0.4 is 10.6 Å². The molecule has 0 aliphatic carbocycles. The van der Waals surface area contributed by atoms with Gasteiger partial charge in [-0.3, -0.25) is 14.8 Å². The molecule has 0 bridgehead atoms. The number of fused-ring (bicyclic) bond motifs is 1. The molecular weight excluding hydrogens is 404 g/mol. The number of nitrogens with one attached hydrogen (secondary N) is 2. The van der Waals surface area contributed by atoms with Crippen LogP contribution in [-0.2, 0) is 11.3 Å². The molecule has 1 saturated heterocycles. The molecule has 30 heavy (non-hydrogen) atoms. The minimum atomic E-state index is -0.242. The van der Waals surface area contributed by atoms with E-state index in [0.717, 1.165) is 49.9 Å². The molecule has 1 amide bonds. The summed E-state index contributed by atoms with van der Waals surface area (Å²) in [6, 6.07) is 9.97. The number of carbonyl (C=O) groups excluding carboxylic acids is 1. The number of halogens is 1. The summed E-state index contributed by atoms with van der Waals surface area (Å²) >= 11 is 0. The second kappa shape index (κ2) is 10.6. The number of imidazole rings is 1. The lowest BCUT2D eigenvalue weighted by Crippen LogP contribution is -2.32. The smallest absolute Gasteiger partial charge is 0.278 e. The molecule has 2 N–H and O–H groups in total. The third kappa shape index (κ3) is 5.00. The number of rotatable bonds is 8. The van der Waals surface area contributed by atoms with Crippen LogP contribution in [0, 0.1) is 0 Å². The van der Waals surface area contributed by atoms with Crippen LogP contribution >= 0.6 is 12.4 Å². The number of piperidine rings is 1. The molecule has 0 radical (unpaired) electrons. The number of hydrogen-bond acceptors (Lipinski definition) is 5. The van der Waals surface area contributed by atoms with E-state index >= 15 is 0 Å². The maximum absolute atomic E-state index is 12.8. The summed E-state index contributed by atoms with van der Waals surface area (Å²) in [7, 11) is 0. The Morgan fingerprint density at radius 3 is 3.00 bits per heavy atom. The first-order valence-electron chi connectivity index (χ1n) is 10.4. The summed E-state index contributed by atoms with van der Waals surface area (Å²) < 4.78 is 9.39. The highest BCUT2D eigenvalue weighted by molar-refractivity contribution is 6.02. The monoisotopic (exact) mass is 432 g/mol. The Balaban J connectivity index is 0.00000256. The molecular formula is C21H29ClN6O2. The van der Waals surface area contributed by atoms with Crippen molar-refractivity contribution in [3.05, 3.63) is 42.2 Å². The zero-order valence-corrected chi connectivity index (χ0v) is 18.0. The molecule has 1 unspecified atom stereocenters. The number of aryl methyl sites for hydroxylation is 1. The van der Waals surface area contributed by atoms with Gasteiger partial charge in [-0.05, 0) is 50.9 Å². The van der Waals surface area contributed by atoms with Gasteiger partial charge in [0.25, 0.3) is 5.91 Å². The third-order valence-electron chi connectivity index (χ3n) is 5.24. The zero-order valence-electron chi connectivity index (χ0n) is 17.2. The number of aromatic nitrogens is 4. The fourth-order valence-corrected chi connectivity index (χ4v) is 3.75. The standard InChI is InChI=1S/C21H28N6O2.ClH/c1-2-29-14-6-12-26-19-9-4-3-8-17(19)23-21(26)24-20(28)18-10-13-27(25-18)16-7-5-11-22-15-16;/h3-4,8-10,13,16,22H,2,5-7,11-12,14-15H2,1H3,(H,23,24,28);1H. The first-order chi connectivity index (χ1) is 14.3. The Kier molecular flexibility index (Phi) is 7.84. The van der Waals surface area contributed by atoms with Crippen LogP contribution in [0.3, 0.4) is 0 Å². The van der Waals surface area contributed by atoms with Crippen molar-refractivity contribution in [2.45, 2.75) is 38.8 Å². The van der Waals surface area contributed by atoms with Crippen LogP contribution in [0.15, 0.2) is 36.5 Å². The van der Waals surface area contributed by atoms with Crippen LogP contribution in [0.4, 0.5) is 5.95 Å². The van der Waals surface area contributed by atoms with Crippen LogP contribution in [0.1, 0.15) is 42.7 Å². The molecule has 2 aromatic heterocycles. The van der Waals surface area contributed by atoms with E-state index in [9.17, 15) is 4.79 Å². The molecule has 0 saturated carbocycles. The number of carbonyl (C=O) groups is 1. The fourth-order valence-electron chi connectivity index (χ4n) is 3.75. The van der Waals surface area contributed by atoms with Gasteiger partial charge in [-0.1, -0.05) is 12.1 Å². The lowest BCUT2D eigenvalue weighted by molar-refractivity contribution is 0.101. The summed E-state index contributed by atoms with van der Waals surface area (Å²) in [5, 5.41) is 10.8. The Bertz CT molecular complexity index is 963. The van der Waals surface area contributed by atoms with Crippen LogP contribution in [0.5, 0.6) is 0 Å². The van der Waals surface area contributed by atoms with E-state index in [1.807, 2.05) is 46.6 Å². The Morgan fingerprint density at radius 2 is 2.20 bits per heavy atom. The van der Waals surface area contributed by atoms with Gasteiger partial charge < -0.3 is 14.6 Å². The van der Waals surface area contributed by atoms with Crippen LogP contribution in [0.2, 0.25) is 0 Å². The maximum atomic E-state index is 12.8. The molecule has 1 fully saturated rings. The van der Waals surface area contributed by atoms with Gasteiger partial charge in [0.05, 0.1) is 17.1 Å². The second-order valence-electron chi connectivity index (χ2n) is 7.26. The summed E-state index contributed by atoms with van der Waals surface area (Å²) in [4.78, 5) is 17.5. The highest BCUT2D eigenvalue weighted by atomic mass is 35.5. The first kappa shape index (κ1) is 22.3. The molecule has 1 atom stereocenters. The number of benzene rings is 1. The number of anilines is 1. The van der Waals surface area contributed by atoms with Gasteiger partial charge in [-0.25, -0.2) is 4.98 Å². The number of nitrogens with zero attached hydrogens (tertiary/aromatic N) is 4. The van der Waals surface area contributed by atoms with Gasteiger partial charge in [0.2, 0.25) is 5.95 Å². The highest BCUT2D eigenvalue weighted by Crippen LogP contribution is 2.21. The Labute approximate surface area is 182 Å². The maximum Gasteiger partial charge on any atom is 0.278 e. The summed E-state index contributed by atoms with van der Waals surface area (Å²) in [6.45, 7) is 6.02. The lowest BCUT2D eigenvalue weighted by Gasteiger charge is -2.22. The topological polar surface area (TPSA) is 86.0 Å². The number of para-hydroxylation sites is 2. The van der Waals surface area contributed by atoms with E-state index in [4.69, 9.17) is 4.74 Å². The summed E-state index contributed by atoms with van der Waals surface area (Å²) in [5.74, 6) is 0.301. The van der Waals surface area contributed by atoms with Crippen molar-refractivity contribution in [3.63, 3.8) is 0 Å². The van der Waals surface area contributed by atoms with Crippen molar-refractivity contribution in [1.29, 1.82) is 0 Å². The molecule has 3 heterocycles. The Morgan fingerprint density at radius 1 is 1.33 bits per heavy atom. The van der Waals surface area contributed by atoms with E-state index in [1.54, 1.807) is 6.07 Å². The Hall–Kier alpha value is -2.42. The average Bonchev–Trinajstić information content (AvgIpc) is 3.37. The van der Waals surface area contributed by atoms with E-state index in [-0.39, 0.29) is 18.3 Å². The molecule has 1 aliphatic heterocycles. The van der Waals surface area contributed by atoms with E-state index in [0.29, 0.717) is 30.9 Å². The van der Waals surface area contributed by atoms with Gasteiger partial charge in [0.15, 0.2) is 5.69 Å². The largest absolute Gasteiger partial charge is 0.382 e. The second-order valence-corrected chi connectivity index (χ2v) is 7.26. The van der Waals surface area contributed by atoms with Crippen molar-refractivity contribution in [1.82, 2.24) is 24.6 Å². The third-order valence-corrected chi connectivity index (χ3v) is 5.24. The van der Waals surface area contributed by atoms with Crippen molar-refractivity contribution >= 4 is 35.3 Å². The molecule has 1 aromatic carbocycles. The fraction of sp³-hybridized carbons (Fsp3) is 0.476. The minimum Gasteiger partial charge on any atom is -0.382 e. The van der Waals surface area contributed by atoms with Gasteiger partial charge in [-0.15, -0.1) is 12.4 Å². The molecule has 9 heteroatoms. The van der Waals surface area contributed by atoms with E-state index < -0.39 is 0 Å². The van der Waals surface area contributed by atoms with Crippen molar-refractivity contribution in [2.75, 3.05) is 31.6 Å². The molecule has 8 nitrogen and oxygen atoms in total. The van der Waals surface area contributed by atoms with E-state index in [2.05, 4.69) is 20.7 Å². The quantitative estimate of drug-likeness (QED) is 0.533. The first-order valence-corrected chi connectivity index (χ1v) is 10.4. The van der Waals surface area contributed by atoms with Crippen LogP contribution in [-0.4, -0.2) is 51.5 Å². The van der Waals surface area contributed by atoms with Gasteiger partial charge in [-0.2, -0.15) is 5.10 Å². The summed E-state index contributed by atoms with van der Waals surface area (Å²) in [5.41, 5.74) is 2.26. The van der Waals surface area contributed by atoms with Gasteiger partial charge >= 0.3 is 0 Å². The molecule has 1 aliphatic rings. The highest BCUT2D eigenvalue weighted by Gasteiger charge is 2.19. The minimum absolute atomic E-state index is 0.